The van der Waals surface area contributed by atoms with Gasteiger partial charge >= 0.3 is 5.97 Å². The van der Waals surface area contributed by atoms with E-state index in [0.717, 1.165) is 12.0 Å². The van der Waals surface area contributed by atoms with E-state index in [1.54, 1.807) is 12.4 Å². The van der Waals surface area contributed by atoms with Crippen LogP contribution in [0.5, 0.6) is 0 Å². The van der Waals surface area contributed by atoms with E-state index in [0.29, 0.717) is 18.5 Å². The number of hydrogen-bond acceptors (Lipinski definition) is 2. The topological polar surface area (TPSA) is 73.4 Å². The zero-order chi connectivity index (χ0) is 11.7. The number of hydrogen-bond donors (Lipinski definition) is 2. The van der Waals surface area contributed by atoms with Crippen LogP contribution in [0.4, 0.5) is 0 Å². The second-order valence-corrected chi connectivity index (χ2v) is 4.05. The predicted molar refractivity (Wildman–Crippen MR) is 57.2 cm³/mol. The van der Waals surface area contributed by atoms with Crippen molar-refractivity contribution in [3.05, 3.63) is 23.5 Å². The second kappa shape index (κ2) is 4.00. The molecule has 0 bridgehead atoms. The molecule has 0 radical (unpaired) electrons. The highest BCUT2D eigenvalue weighted by molar-refractivity contribution is 5.98. The first kappa shape index (κ1) is 10.7. The summed E-state index contributed by atoms with van der Waals surface area (Å²) in [6.07, 6.45) is 4.66. The van der Waals surface area contributed by atoms with Crippen molar-refractivity contribution in [1.82, 2.24) is 9.88 Å². The molecule has 1 aromatic heterocycles. The number of carbonyl (C=O) groups is 2. The van der Waals surface area contributed by atoms with Gasteiger partial charge in [0.15, 0.2) is 0 Å². The first-order chi connectivity index (χ1) is 7.61. The summed E-state index contributed by atoms with van der Waals surface area (Å²) in [5.41, 5.74) is 1.41. The van der Waals surface area contributed by atoms with Gasteiger partial charge in [-0.15, -0.1) is 0 Å². The average Bonchev–Trinajstić information content (AvgIpc) is 2.84. The van der Waals surface area contributed by atoms with Gasteiger partial charge in [-0.05, 0) is 25.3 Å². The van der Waals surface area contributed by atoms with Crippen molar-refractivity contribution >= 4 is 11.9 Å². The molecule has 86 valence electrons. The van der Waals surface area contributed by atoms with E-state index < -0.39 is 12.0 Å². The molecule has 1 aliphatic rings. The Morgan fingerprint density at radius 2 is 2.25 bits per heavy atom. The Morgan fingerprint density at radius 3 is 2.81 bits per heavy atom. The summed E-state index contributed by atoms with van der Waals surface area (Å²) < 4.78 is 0. The molecule has 1 fully saturated rings. The zero-order valence-electron chi connectivity index (χ0n) is 9.06. The number of carboxylic acids is 1. The minimum absolute atomic E-state index is 0.191. The summed E-state index contributed by atoms with van der Waals surface area (Å²) in [4.78, 5) is 27.4. The molecule has 1 aromatic rings. The van der Waals surface area contributed by atoms with E-state index in [-0.39, 0.29) is 5.91 Å². The van der Waals surface area contributed by atoms with Gasteiger partial charge in [0, 0.05) is 18.9 Å². The van der Waals surface area contributed by atoms with E-state index in [9.17, 15) is 9.59 Å². The van der Waals surface area contributed by atoms with Crippen LogP contribution in [0.2, 0.25) is 0 Å². The van der Waals surface area contributed by atoms with Crippen molar-refractivity contribution in [3.63, 3.8) is 0 Å². The molecule has 1 saturated heterocycles. The van der Waals surface area contributed by atoms with Gasteiger partial charge in [-0.3, -0.25) is 4.79 Å². The highest BCUT2D eigenvalue weighted by Gasteiger charge is 2.34. The first-order valence-corrected chi connectivity index (χ1v) is 5.28. The summed E-state index contributed by atoms with van der Waals surface area (Å²) in [6.45, 7) is 2.36. The van der Waals surface area contributed by atoms with E-state index in [1.165, 1.54) is 4.90 Å². The highest BCUT2D eigenvalue weighted by atomic mass is 16.4. The molecule has 16 heavy (non-hydrogen) atoms. The molecule has 0 unspecified atom stereocenters. The molecule has 2 rings (SSSR count). The second-order valence-electron chi connectivity index (χ2n) is 4.05. The van der Waals surface area contributed by atoms with Crippen LogP contribution in [0.15, 0.2) is 12.4 Å². The monoisotopic (exact) mass is 222 g/mol. The van der Waals surface area contributed by atoms with Crippen LogP contribution in [0.1, 0.15) is 28.8 Å². The number of likely N-dealkylation sites (tertiary alicyclic amines) is 1. The molecule has 2 heterocycles. The lowest BCUT2D eigenvalue weighted by molar-refractivity contribution is -0.141. The molecule has 1 atom stereocenters. The van der Waals surface area contributed by atoms with Gasteiger partial charge in [0.1, 0.15) is 6.04 Å². The molecule has 1 amide bonds. The number of aromatic nitrogens is 1. The largest absolute Gasteiger partial charge is 0.480 e. The van der Waals surface area contributed by atoms with E-state index in [1.807, 2.05) is 6.92 Å². The van der Waals surface area contributed by atoms with E-state index >= 15 is 0 Å². The summed E-state index contributed by atoms with van der Waals surface area (Å²) in [5, 5.41) is 9.00. The van der Waals surface area contributed by atoms with E-state index in [2.05, 4.69) is 4.98 Å². The molecule has 1 aliphatic heterocycles. The Bertz CT molecular complexity index is 425. The highest BCUT2D eigenvalue weighted by Crippen LogP contribution is 2.21. The Hall–Kier alpha value is -1.78. The smallest absolute Gasteiger partial charge is 0.326 e. The van der Waals surface area contributed by atoms with Crippen LogP contribution in [0.3, 0.4) is 0 Å². The number of aryl methyl sites for hydroxylation is 1. The van der Waals surface area contributed by atoms with Crippen molar-refractivity contribution < 1.29 is 14.7 Å². The van der Waals surface area contributed by atoms with Gasteiger partial charge in [-0.2, -0.15) is 0 Å². The molecule has 2 N–H and O–H groups in total. The number of rotatable bonds is 2. The maximum absolute atomic E-state index is 12.1. The number of carbonyl (C=O) groups excluding carboxylic acids is 1. The van der Waals surface area contributed by atoms with Crippen LogP contribution in [-0.2, 0) is 4.79 Å². The fourth-order valence-corrected chi connectivity index (χ4v) is 2.09. The van der Waals surface area contributed by atoms with Gasteiger partial charge in [0.2, 0.25) is 0 Å². The normalized spacial score (nSPS) is 20.1. The fourth-order valence-electron chi connectivity index (χ4n) is 2.09. The Kier molecular flexibility index (Phi) is 2.68. The quantitative estimate of drug-likeness (QED) is 0.784. The van der Waals surface area contributed by atoms with Crippen LogP contribution in [-0.4, -0.2) is 39.5 Å². The third kappa shape index (κ3) is 1.68. The van der Waals surface area contributed by atoms with Crippen molar-refractivity contribution in [2.24, 2.45) is 0 Å². The van der Waals surface area contributed by atoms with Crippen LogP contribution in [0.25, 0.3) is 0 Å². The Morgan fingerprint density at radius 1 is 1.50 bits per heavy atom. The predicted octanol–water partition coefficient (Wildman–Crippen LogP) is 1.01. The number of H-pyrrole nitrogens is 1. The molecule has 5 nitrogen and oxygen atoms in total. The summed E-state index contributed by atoms with van der Waals surface area (Å²) in [7, 11) is 0. The number of amides is 1. The van der Waals surface area contributed by atoms with Gasteiger partial charge in [-0.1, -0.05) is 0 Å². The lowest BCUT2D eigenvalue weighted by atomic mass is 10.1. The number of aliphatic carboxylic acids is 1. The first-order valence-electron chi connectivity index (χ1n) is 5.28. The number of nitrogens with one attached hydrogen (secondary N) is 1. The summed E-state index contributed by atoms with van der Waals surface area (Å²) >= 11 is 0. The van der Waals surface area contributed by atoms with Gasteiger partial charge in [0.25, 0.3) is 5.91 Å². The average molecular weight is 222 g/mol. The van der Waals surface area contributed by atoms with Crippen molar-refractivity contribution in [2.45, 2.75) is 25.8 Å². The van der Waals surface area contributed by atoms with Crippen LogP contribution < -0.4 is 0 Å². The number of carboxylic acid groups (broad SMARTS) is 1. The molecule has 5 heteroatoms. The van der Waals surface area contributed by atoms with Crippen molar-refractivity contribution in [2.75, 3.05) is 6.54 Å². The van der Waals surface area contributed by atoms with E-state index in [4.69, 9.17) is 5.11 Å². The Labute approximate surface area is 93.1 Å². The third-order valence-corrected chi connectivity index (χ3v) is 2.98. The summed E-state index contributed by atoms with van der Waals surface area (Å²) in [6, 6.07) is -0.665. The van der Waals surface area contributed by atoms with Crippen LogP contribution in [0, 0.1) is 6.92 Å². The Balaban J connectivity index is 2.22. The SMILES string of the molecule is Cc1c[nH]cc1C(=O)N1CCC[C@@H]1C(=O)O. The number of aromatic amines is 1. The van der Waals surface area contributed by atoms with Gasteiger partial charge < -0.3 is 15.0 Å². The molecular formula is C11H14N2O3. The lowest BCUT2D eigenvalue weighted by Gasteiger charge is -2.21. The maximum Gasteiger partial charge on any atom is 0.326 e. The number of nitrogens with zero attached hydrogens (tertiary/aromatic N) is 1. The fraction of sp³-hybridized carbons (Fsp3) is 0.455. The van der Waals surface area contributed by atoms with Gasteiger partial charge in [-0.25, -0.2) is 4.79 Å². The molecule has 0 spiro atoms. The minimum Gasteiger partial charge on any atom is -0.480 e. The molecular weight excluding hydrogens is 208 g/mol. The standard InChI is InChI=1S/C11H14N2O3/c1-7-5-12-6-8(7)10(14)13-4-2-3-9(13)11(15)16/h5-6,9,12H,2-4H2,1H3,(H,15,16)/t9-/m1/s1. The third-order valence-electron chi connectivity index (χ3n) is 2.98. The zero-order valence-corrected chi connectivity index (χ0v) is 9.06. The minimum atomic E-state index is -0.918. The maximum atomic E-state index is 12.1. The molecule has 0 aliphatic carbocycles. The lowest BCUT2D eigenvalue weighted by Crippen LogP contribution is -2.40. The summed E-state index contributed by atoms with van der Waals surface area (Å²) in [5.74, 6) is -1.11. The molecule has 0 saturated carbocycles. The molecule has 0 aromatic carbocycles. The van der Waals surface area contributed by atoms with Crippen molar-refractivity contribution in [3.8, 4) is 0 Å². The van der Waals surface area contributed by atoms with Gasteiger partial charge in [0.05, 0.1) is 5.56 Å². The van der Waals surface area contributed by atoms with Crippen molar-refractivity contribution in [1.29, 1.82) is 0 Å². The van der Waals surface area contributed by atoms with Crippen LogP contribution >= 0.6 is 0 Å².